The average molecular weight is 404 g/mol. The van der Waals surface area contributed by atoms with Gasteiger partial charge in [0.05, 0.1) is 12.0 Å². The van der Waals surface area contributed by atoms with E-state index in [2.05, 4.69) is 6.92 Å². The molecule has 27 heavy (non-hydrogen) atoms. The second-order valence-electron chi connectivity index (χ2n) is 8.04. The van der Waals surface area contributed by atoms with Crippen molar-refractivity contribution in [3.63, 3.8) is 0 Å². The molecule has 2 nitrogen and oxygen atoms in total. The van der Waals surface area contributed by atoms with E-state index in [0.717, 1.165) is 22.6 Å². The molecule has 2 saturated carbocycles. The molecule has 2 aromatic carbocycles. The first-order valence-corrected chi connectivity index (χ1v) is 11.3. The molecule has 0 unspecified atom stereocenters. The van der Waals surface area contributed by atoms with Gasteiger partial charge >= 0.3 is 0 Å². The summed E-state index contributed by atoms with van der Waals surface area (Å²) in [7, 11) is 0. The quantitative estimate of drug-likeness (QED) is 0.454. The highest BCUT2D eigenvalue weighted by molar-refractivity contribution is 8.17. The number of aliphatic hydroxyl groups excluding tert-OH is 1. The highest BCUT2D eigenvalue weighted by Crippen LogP contribution is 2.66. The van der Waals surface area contributed by atoms with Gasteiger partial charge in [-0.2, -0.15) is 0 Å². The molecule has 2 aliphatic carbocycles. The van der Waals surface area contributed by atoms with Crippen molar-refractivity contribution in [3.05, 3.63) is 60.7 Å². The highest BCUT2D eigenvalue weighted by atomic mass is 32.2. The Hall–Kier alpha value is -0.940. The van der Waals surface area contributed by atoms with E-state index in [1.165, 1.54) is 23.5 Å². The first-order chi connectivity index (χ1) is 14.4. The number of benzene rings is 2. The van der Waals surface area contributed by atoms with E-state index in [1.807, 2.05) is 67.6 Å². The van der Waals surface area contributed by atoms with Crippen LogP contribution < -0.4 is 0 Å². The molecule has 0 amide bonds. The Morgan fingerprint density at radius 1 is 1.07 bits per heavy atom. The van der Waals surface area contributed by atoms with Crippen LogP contribution in [0.25, 0.3) is 0 Å². The fourth-order valence-electron chi connectivity index (χ4n) is 4.83. The third-order valence-electron chi connectivity index (χ3n) is 6.70. The molecule has 0 bridgehead atoms. The van der Waals surface area contributed by atoms with Crippen molar-refractivity contribution < 1.29 is 11.6 Å². The lowest BCUT2D eigenvalue weighted by Gasteiger charge is -2.54. The fraction of sp³-hybridized carbons (Fsp3) is 0.478. The van der Waals surface area contributed by atoms with Crippen LogP contribution in [0.4, 0.5) is 0 Å². The number of fused-ring (bicyclic) bond motifs is 1. The summed E-state index contributed by atoms with van der Waals surface area (Å²) in [6, 6.07) is 19.9. The number of rotatable bonds is 8. The number of thioether (sulfide) groups is 2. The normalized spacial score (nSPS) is 35.4. The lowest BCUT2D eigenvalue weighted by Crippen LogP contribution is -2.60. The van der Waals surface area contributed by atoms with Crippen LogP contribution in [-0.2, 0) is 0 Å². The molecular formula is C23H28O2S2. The second-order valence-corrected chi connectivity index (χ2v) is 10.5. The topological polar surface area (TPSA) is 40.5 Å². The van der Waals surface area contributed by atoms with Gasteiger partial charge in [0, 0.05) is 21.1 Å². The van der Waals surface area contributed by atoms with Crippen LogP contribution in [0.2, 0.25) is 0 Å². The van der Waals surface area contributed by atoms with E-state index in [9.17, 15) is 1.37 Å². The van der Waals surface area contributed by atoms with Crippen molar-refractivity contribution >= 4 is 23.5 Å². The van der Waals surface area contributed by atoms with Crippen LogP contribution in [0, 0.1) is 17.3 Å². The van der Waals surface area contributed by atoms with Crippen LogP contribution in [0.15, 0.2) is 70.5 Å². The Morgan fingerprint density at radius 2 is 1.67 bits per heavy atom. The van der Waals surface area contributed by atoms with E-state index in [-0.39, 0.29) is 11.3 Å². The molecule has 0 saturated heterocycles. The summed E-state index contributed by atoms with van der Waals surface area (Å²) in [6.45, 7) is 4.16. The Kier molecular flexibility index (Phi) is 4.41. The first-order valence-electron chi connectivity index (χ1n) is 11.0. The zero-order chi connectivity index (χ0) is 21.4. The summed E-state index contributed by atoms with van der Waals surface area (Å²) < 4.78 is 24.5. The van der Waals surface area contributed by atoms with Crippen LogP contribution in [0.5, 0.6) is 0 Å². The maximum Gasteiger partial charge on any atom is 0.211 e. The minimum Gasteiger partial charge on any atom is -0.390 e. The predicted molar refractivity (Wildman–Crippen MR) is 114 cm³/mol. The van der Waals surface area contributed by atoms with Gasteiger partial charge in [0.25, 0.3) is 0 Å². The monoisotopic (exact) mass is 403 g/mol. The van der Waals surface area contributed by atoms with E-state index in [0.29, 0.717) is 12.3 Å². The lowest BCUT2D eigenvalue weighted by molar-refractivity contribution is -0.176. The largest absolute Gasteiger partial charge is 0.390 e. The summed E-state index contributed by atoms with van der Waals surface area (Å²) in [5, 5.41) is 10.8. The Labute approximate surface area is 175 Å². The number of hydrogen-bond donors (Lipinski definition) is 2. The van der Waals surface area contributed by atoms with Crippen molar-refractivity contribution in [3.8, 4) is 0 Å². The maximum absolute atomic E-state index is 9.67. The Balaban J connectivity index is 1.77. The smallest absolute Gasteiger partial charge is 0.211 e. The standard InChI is InChI=1S/C23H28O2S2/c1-16(23(25)20(24)15-17-13-14-22(17,23)2)21(26-18-9-5-3-6-10-18)27-19-11-7-4-8-12-19/h3-12,16-17,20-21,24-25H,13-15H2,1-2H3/t16-,17+,20-,22-,23+/m0/s1/i21D,24D,25D. The average Bonchev–Trinajstić information content (AvgIpc) is 2.92. The number of hydrogen-bond acceptors (Lipinski definition) is 4. The molecule has 2 fully saturated rings. The molecule has 2 aliphatic rings. The summed E-state index contributed by atoms with van der Waals surface area (Å²) in [6.07, 6.45) is 2.20. The zero-order valence-electron chi connectivity index (χ0n) is 18.8. The van der Waals surface area contributed by atoms with Crippen LogP contribution >= 0.6 is 23.5 Å². The molecule has 0 heterocycles. The number of aliphatic hydroxyl groups is 2. The lowest BCUT2D eigenvalue weighted by atomic mass is 9.55. The minimum absolute atomic E-state index is 0.263. The fourth-order valence-corrected chi connectivity index (χ4v) is 7.33. The molecular weight excluding hydrogens is 372 g/mol. The Morgan fingerprint density at radius 3 is 2.11 bits per heavy atom. The molecule has 2 N–H and O–H groups in total. The van der Waals surface area contributed by atoms with Crippen molar-refractivity contribution in [1.82, 2.24) is 0 Å². The van der Waals surface area contributed by atoms with Crippen molar-refractivity contribution in [2.24, 2.45) is 17.3 Å². The van der Waals surface area contributed by atoms with Gasteiger partial charge in [-0.1, -0.05) is 50.2 Å². The van der Waals surface area contributed by atoms with Gasteiger partial charge in [-0.05, 0) is 49.4 Å². The van der Waals surface area contributed by atoms with Crippen LogP contribution in [0.3, 0.4) is 0 Å². The molecule has 4 rings (SSSR count). The van der Waals surface area contributed by atoms with E-state index < -0.39 is 16.3 Å². The third kappa shape index (κ3) is 3.25. The molecule has 0 radical (unpaired) electrons. The zero-order valence-corrected chi connectivity index (χ0v) is 17.4. The summed E-state index contributed by atoms with van der Waals surface area (Å²) in [5.74, 6) is -0.00286. The minimum atomic E-state index is -1.08. The van der Waals surface area contributed by atoms with Gasteiger partial charge in [0.1, 0.15) is 5.60 Å². The van der Waals surface area contributed by atoms with E-state index in [1.54, 1.807) is 0 Å². The van der Waals surface area contributed by atoms with Crippen LogP contribution in [-0.4, -0.2) is 29.3 Å². The van der Waals surface area contributed by atoms with Crippen molar-refractivity contribution in [1.29, 1.82) is 2.86 Å². The molecule has 0 spiro atoms. The molecule has 144 valence electrons. The maximum atomic E-state index is 9.67. The molecule has 0 aliphatic heterocycles. The summed E-state index contributed by atoms with van der Waals surface area (Å²) in [4.78, 5) is 2.00. The first kappa shape index (κ1) is 15.9. The molecule has 0 aromatic heterocycles. The Bertz CT molecular complexity index is 815. The highest BCUT2D eigenvalue weighted by Gasteiger charge is 2.68. The van der Waals surface area contributed by atoms with Crippen molar-refractivity contribution in [2.45, 2.75) is 59.2 Å². The summed E-state index contributed by atoms with van der Waals surface area (Å²) >= 11 is 2.97. The van der Waals surface area contributed by atoms with Gasteiger partial charge in [0.2, 0.25) is 2.86 Å². The van der Waals surface area contributed by atoms with Crippen molar-refractivity contribution in [2.75, 3.05) is 0 Å². The van der Waals surface area contributed by atoms with E-state index in [4.69, 9.17) is 13.1 Å². The van der Waals surface area contributed by atoms with Gasteiger partial charge < -0.3 is 10.2 Å². The van der Waals surface area contributed by atoms with E-state index >= 15 is 0 Å². The summed E-state index contributed by atoms with van der Waals surface area (Å²) in [5.41, 5.74) is -1.27. The van der Waals surface area contributed by atoms with Gasteiger partial charge in [-0.15, -0.1) is 23.5 Å². The van der Waals surface area contributed by atoms with Crippen LogP contribution in [0.1, 0.15) is 34.5 Å². The van der Waals surface area contributed by atoms with Gasteiger partial charge in [-0.25, -0.2) is 0 Å². The molecule has 2 aromatic rings. The SMILES string of the molecule is [2H]O[C@H]1C[C@H]2CC[C@]2(C)[C@@]1(O[2H])[C@@H](C)C([2H])(Sc1ccccc1)Sc1ccccc1. The molecule has 5 atom stereocenters. The van der Waals surface area contributed by atoms with Gasteiger partial charge in [-0.3, -0.25) is 0 Å². The second kappa shape index (κ2) is 7.47. The predicted octanol–water partition coefficient (Wildman–Crippen LogP) is 5.45. The molecule has 4 heteroatoms. The van der Waals surface area contributed by atoms with Gasteiger partial charge in [0.15, 0.2) is 0 Å². The third-order valence-corrected chi connectivity index (χ3v) is 9.33.